The van der Waals surface area contributed by atoms with Gasteiger partial charge >= 0.3 is 0 Å². The summed E-state index contributed by atoms with van der Waals surface area (Å²) in [5.74, 6) is 2.81. The lowest BCUT2D eigenvalue weighted by Crippen LogP contribution is -2.16. The van der Waals surface area contributed by atoms with Gasteiger partial charge in [-0.1, -0.05) is 6.92 Å². The maximum Gasteiger partial charge on any atom is 0.153 e. The van der Waals surface area contributed by atoms with Gasteiger partial charge in [-0.2, -0.15) is 0 Å². The number of aromatic nitrogens is 2. The largest absolute Gasteiger partial charge is 0.463 e. The summed E-state index contributed by atoms with van der Waals surface area (Å²) in [5, 5.41) is 0. The van der Waals surface area contributed by atoms with Crippen LogP contribution in [0.4, 0.5) is 0 Å². The molecule has 1 aliphatic rings. The molecule has 0 aliphatic carbocycles. The summed E-state index contributed by atoms with van der Waals surface area (Å²) in [6, 6.07) is 3.86. The zero-order valence-electron chi connectivity index (χ0n) is 8.81. The van der Waals surface area contributed by atoms with Crippen molar-refractivity contribution in [2.24, 2.45) is 5.92 Å². The third-order valence-electron chi connectivity index (χ3n) is 3.03. The second-order valence-electron chi connectivity index (χ2n) is 4.31. The number of rotatable bonds is 1. The van der Waals surface area contributed by atoms with Crippen LogP contribution < -0.4 is 0 Å². The third kappa shape index (κ3) is 1.48. The Labute approximate surface area is 88.7 Å². The molecule has 3 rings (SSSR count). The highest BCUT2D eigenvalue weighted by atomic mass is 16.3. The van der Waals surface area contributed by atoms with Crippen LogP contribution in [0.1, 0.15) is 19.2 Å². The molecular formula is C12H14N2O. The zero-order valence-corrected chi connectivity index (χ0v) is 8.81. The average molecular weight is 202 g/mol. The van der Waals surface area contributed by atoms with Crippen LogP contribution in [0.25, 0.3) is 11.5 Å². The van der Waals surface area contributed by atoms with E-state index in [2.05, 4.69) is 22.7 Å². The lowest BCUT2D eigenvalue weighted by atomic mass is 10.0. The summed E-state index contributed by atoms with van der Waals surface area (Å²) in [5.41, 5.74) is 0.962. The van der Waals surface area contributed by atoms with E-state index < -0.39 is 0 Å². The Balaban J connectivity index is 2.00. The molecule has 78 valence electrons. The molecule has 2 aromatic rings. The van der Waals surface area contributed by atoms with Gasteiger partial charge in [0, 0.05) is 19.2 Å². The van der Waals surface area contributed by atoms with Crippen LogP contribution >= 0.6 is 0 Å². The third-order valence-corrected chi connectivity index (χ3v) is 3.03. The van der Waals surface area contributed by atoms with Crippen molar-refractivity contribution >= 4 is 0 Å². The summed E-state index contributed by atoms with van der Waals surface area (Å²) < 4.78 is 7.60. The van der Waals surface area contributed by atoms with Crippen molar-refractivity contribution in [3.05, 3.63) is 30.4 Å². The van der Waals surface area contributed by atoms with Gasteiger partial charge in [0.25, 0.3) is 0 Å². The van der Waals surface area contributed by atoms with Gasteiger partial charge in [-0.3, -0.25) is 0 Å². The zero-order chi connectivity index (χ0) is 10.3. The number of fused-ring (bicyclic) bond motifs is 1. The van der Waals surface area contributed by atoms with Crippen LogP contribution in [-0.4, -0.2) is 9.55 Å². The molecule has 1 atom stereocenters. The van der Waals surface area contributed by atoms with Gasteiger partial charge in [-0.15, -0.1) is 0 Å². The minimum Gasteiger partial charge on any atom is -0.463 e. The first-order valence-electron chi connectivity index (χ1n) is 5.43. The topological polar surface area (TPSA) is 31.0 Å². The predicted molar refractivity (Wildman–Crippen MR) is 57.4 cm³/mol. The van der Waals surface area contributed by atoms with Gasteiger partial charge in [0.1, 0.15) is 11.5 Å². The fraction of sp³-hybridized carbons (Fsp3) is 0.417. The Bertz CT molecular complexity index is 456. The molecule has 0 radical (unpaired) electrons. The fourth-order valence-corrected chi connectivity index (χ4v) is 2.13. The molecule has 0 saturated carbocycles. The second-order valence-corrected chi connectivity index (χ2v) is 4.31. The number of hydrogen-bond donors (Lipinski definition) is 0. The van der Waals surface area contributed by atoms with E-state index in [1.54, 1.807) is 6.26 Å². The fourth-order valence-electron chi connectivity index (χ4n) is 2.13. The summed E-state index contributed by atoms with van der Waals surface area (Å²) in [4.78, 5) is 4.61. The van der Waals surface area contributed by atoms with Crippen molar-refractivity contribution < 1.29 is 4.42 Å². The van der Waals surface area contributed by atoms with Crippen molar-refractivity contribution in [1.82, 2.24) is 9.55 Å². The maximum atomic E-state index is 5.35. The van der Waals surface area contributed by atoms with Gasteiger partial charge in [0.15, 0.2) is 5.76 Å². The van der Waals surface area contributed by atoms with Gasteiger partial charge in [-0.05, 0) is 24.5 Å². The molecule has 0 unspecified atom stereocenters. The Morgan fingerprint density at radius 2 is 2.47 bits per heavy atom. The van der Waals surface area contributed by atoms with E-state index in [-0.39, 0.29) is 0 Å². The first-order chi connectivity index (χ1) is 7.33. The van der Waals surface area contributed by atoms with Crippen LogP contribution in [0.15, 0.2) is 29.0 Å². The van der Waals surface area contributed by atoms with E-state index in [0.29, 0.717) is 0 Å². The molecule has 0 bridgehead atoms. The lowest BCUT2D eigenvalue weighted by Gasteiger charge is -2.18. The SMILES string of the molecule is C[C@@H]1CCn2cc(-c3ccco3)nc2C1. The monoisotopic (exact) mass is 202 g/mol. The molecule has 3 heterocycles. The molecule has 0 saturated heterocycles. The maximum absolute atomic E-state index is 5.35. The highest BCUT2D eigenvalue weighted by Crippen LogP contribution is 2.24. The molecule has 3 nitrogen and oxygen atoms in total. The first kappa shape index (κ1) is 8.77. The summed E-state index contributed by atoms with van der Waals surface area (Å²) >= 11 is 0. The molecule has 0 aromatic carbocycles. The first-order valence-corrected chi connectivity index (χ1v) is 5.43. The van der Waals surface area contributed by atoms with E-state index in [1.807, 2.05) is 12.1 Å². The Kier molecular flexibility index (Phi) is 1.91. The normalized spacial score (nSPS) is 20.2. The quantitative estimate of drug-likeness (QED) is 0.712. The number of aryl methyl sites for hydroxylation is 1. The van der Waals surface area contributed by atoms with Gasteiger partial charge in [0.05, 0.1) is 6.26 Å². The molecule has 1 aliphatic heterocycles. The van der Waals surface area contributed by atoms with Gasteiger partial charge in [0.2, 0.25) is 0 Å². The summed E-state index contributed by atoms with van der Waals surface area (Å²) in [6.07, 6.45) is 6.12. The minimum absolute atomic E-state index is 0.754. The highest BCUT2D eigenvalue weighted by Gasteiger charge is 2.18. The number of hydrogen-bond acceptors (Lipinski definition) is 2. The van der Waals surface area contributed by atoms with Gasteiger partial charge in [-0.25, -0.2) is 4.98 Å². The molecule has 15 heavy (non-hydrogen) atoms. The standard InChI is InChI=1S/C12H14N2O/c1-9-4-5-14-8-10(13-12(14)7-9)11-3-2-6-15-11/h2-3,6,8-9H,4-5,7H2,1H3/t9-/m1/s1. The van der Waals surface area contributed by atoms with Crippen LogP contribution in [0.2, 0.25) is 0 Å². The van der Waals surface area contributed by atoms with Crippen molar-refractivity contribution in [2.75, 3.05) is 0 Å². The highest BCUT2D eigenvalue weighted by molar-refractivity contribution is 5.51. The summed E-state index contributed by atoms with van der Waals surface area (Å²) in [6.45, 7) is 3.37. The van der Waals surface area contributed by atoms with Crippen LogP contribution in [0.3, 0.4) is 0 Å². The van der Waals surface area contributed by atoms with E-state index >= 15 is 0 Å². The number of furan rings is 1. The van der Waals surface area contributed by atoms with Crippen molar-refractivity contribution in [3.8, 4) is 11.5 Å². The van der Waals surface area contributed by atoms with E-state index in [9.17, 15) is 0 Å². The minimum atomic E-state index is 0.754. The Morgan fingerprint density at radius 1 is 1.53 bits per heavy atom. The Morgan fingerprint density at radius 3 is 3.27 bits per heavy atom. The smallest absolute Gasteiger partial charge is 0.153 e. The van der Waals surface area contributed by atoms with Crippen molar-refractivity contribution in [2.45, 2.75) is 26.3 Å². The number of nitrogens with zero attached hydrogens (tertiary/aromatic N) is 2. The van der Waals surface area contributed by atoms with Crippen molar-refractivity contribution in [3.63, 3.8) is 0 Å². The van der Waals surface area contributed by atoms with Crippen molar-refractivity contribution in [1.29, 1.82) is 0 Å². The molecular weight excluding hydrogens is 188 g/mol. The molecule has 3 heteroatoms. The average Bonchev–Trinajstić information content (AvgIpc) is 2.84. The molecule has 0 amide bonds. The van der Waals surface area contributed by atoms with Crippen LogP contribution in [0, 0.1) is 5.92 Å². The van der Waals surface area contributed by atoms with Crippen LogP contribution in [0.5, 0.6) is 0 Å². The van der Waals surface area contributed by atoms with Crippen LogP contribution in [-0.2, 0) is 13.0 Å². The Hall–Kier alpha value is -1.51. The van der Waals surface area contributed by atoms with E-state index in [1.165, 1.54) is 12.2 Å². The predicted octanol–water partition coefficient (Wildman–Crippen LogP) is 2.73. The molecule has 0 spiro atoms. The summed E-state index contributed by atoms with van der Waals surface area (Å²) in [7, 11) is 0. The van der Waals surface area contributed by atoms with Gasteiger partial charge < -0.3 is 8.98 Å². The van der Waals surface area contributed by atoms with E-state index in [4.69, 9.17) is 4.42 Å². The number of imidazole rings is 1. The molecule has 0 fully saturated rings. The van der Waals surface area contributed by atoms with E-state index in [0.717, 1.165) is 30.3 Å². The molecule has 2 aromatic heterocycles. The second kappa shape index (κ2) is 3.26. The lowest BCUT2D eigenvalue weighted by molar-refractivity contribution is 0.409. The molecule has 0 N–H and O–H groups in total.